The number of benzene rings is 1. The Morgan fingerprint density at radius 1 is 1.26 bits per heavy atom. The summed E-state index contributed by atoms with van der Waals surface area (Å²) in [4.78, 5) is 33.9. The van der Waals surface area contributed by atoms with Crippen molar-refractivity contribution in [3.05, 3.63) is 33.4 Å². The van der Waals surface area contributed by atoms with E-state index >= 15 is 0 Å². The van der Waals surface area contributed by atoms with E-state index in [9.17, 15) is 24.8 Å². The fourth-order valence-electron chi connectivity index (χ4n) is 1.92. The van der Waals surface area contributed by atoms with Crippen molar-refractivity contribution in [1.29, 1.82) is 0 Å². The average molecular weight is 323 g/mol. The first-order valence-electron chi connectivity index (χ1n) is 6.38. The fraction of sp³-hybridized carbons (Fsp3) is 0.286. The number of phenolic OH excluding ortho intramolecular Hbond substituents is 1. The Kier molecular flexibility index (Phi) is 3.96. The molecule has 1 fully saturated rings. The first-order valence-corrected chi connectivity index (χ1v) is 6.38. The predicted octanol–water partition coefficient (Wildman–Crippen LogP) is 1.53. The van der Waals surface area contributed by atoms with Gasteiger partial charge in [-0.1, -0.05) is 0 Å². The van der Waals surface area contributed by atoms with Crippen molar-refractivity contribution in [2.75, 3.05) is 7.11 Å². The monoisotopic (exact) mass is 323 g/mol. The van der Waals surface area contributed by atoms with Gasteiger partial charge in [-0.2, -0.15) is 0 Å². The molecule has 9 nitrogen and oxygen atoms in total. The molecule has 0 aromatic heterocycles. The zero-order chi connectivity index (χ0) is 17.4. The van der Waals surface area contributed by atoms with Crippen LogP contribution >= 0.6 is 0 Å². The molecule has 0 unspecified atom stereocenters. The van der Waals surface area contributed by atoms with Crippen molar-refractivity contribution in [2.45, 2.75) is 19.6 Å². The van der Waals surface area contributed by atoms with E-state index in [2.05, 4.69) is 0 Å². The molecule has 2 rings (SSSR count). The first kappa shape index (κ1) is 16.3. The molecule has 122 valence electrons. The normalized spacial score (nSPS) is 16.4. The molecule has 0 amide bonds. The van der Waals surface area contributed by atoms with E-state index in [1.165, 1.54) is 27.0 Å². The maximum atomic E-state index is 11.9. The summed E-state index contributed by atoms with van der Waals surface area (Å²) in [6.07, 6.45) is 0.949. The number of carbonyl (C=O) groups excluding carboxylic acids is 2. The highest BCUT2D eigenvalue weighted by molar-refractivity contribution is 6.19. The number of nitro groups is 1. The maximum Gasteiger partial charge on any atom is 0.348 e. The highest BCUT2D eigenvalue weighted by atomic mass is 16.7. The molecule has 0 radical (unpaired) electrons. The molecule has 1 aliphatic rings. The number of nitrogens with zero attached hydrogens (tertiary/aromatic N) is 1. The minimum absolute atomic E-state index is 0.0687. The summed E-state index contributed by atoms with van der Waals surface area (Å²) in [5.74, 6) is -3.98. The van der Waals surface area contributed by atoms with Crippen molar-refractivity contribution < 1.29 is 33.8 Å². The van der Waals surface area contributed by atoms with Gasteiger partial charge in [-0.05, 0) is 12.1 Å². The van der Waals surface area contributed by atoms with E-state index in [0.29, 0.717) is 0 Å². The number of methoxy groups -OCH3 is 1. The van der Waals surface area contributed by atoms with Gasteiger partial charge in [0.15, 0.2) is 0 Å². The van der Waals surface area contributed by atoms with E-state index < -0.39 is 39.7 Å². The molecule has 0 atom stereocenters. The Morgan fingerprint density at radius 3 is 2.30 bits per heavy atom. The molecule has 1 aromatic rings. The number of rotatable bonds is 3. The van der Waals surface area contributed by atoms with Crippen LogP contribution in [0.5, 0.6) is 11.5 Å². The van der Waals surface area contributed by atoms with Crippen LogP contribution < -0.4 is 4.74 Å². The minimum atomic E-state index is -1.41. The number of nitro benzene ring substituents is 1. The Hall–Kier alpha value is -3.10. The first-order chi connectivity index (χ1) is 10.6. The van der Waals surface area contributed by atoms with Gasteiger partial charge < -0.3 is 19.3 Å². The third-order valence-corrected chi connectivity index (χ3v) is 2.94. The molecular formula is C14H13NO8. The van der Waals surface area contributed by atoms with Gasteiger partial charge in [0.1, 0.15) is 11.3 Å². The number of esters is 2. The minimum Gasteiger partial charge on any atom is -0.502 e. The number of ether oxygens (including phenoxy) is 3. The molecule has 9 heteroatoms. The Balaban J connectivity index is 2.54. The molecule has 1 aliphatic heterocycles. The van der Waals surface area contributed by atoms with E-state index in [4.69, 9.17) is 14.2 Å². The zero-order valence-electron chi connectivity index (χ0n) is 12.5. The SMILES string of the molecule is COc1cc(C=C2C(=O)OC(C)(C)OC2=O)c(O)c([N+](=O)[O-])c1. The van der Waals surface area contributed by atoms with Gasteiger partial charge in [0.2, 0.25) is 5.75 Å². The van der Waals surface area contributed by atoms with Gasteiger partial charge in [0.05, 0.1) is 18.1 Å². The van der Waals surface area contributed by atoms with Crippen molar-refractivity contribution in [1.82, 2.24) is 0 Å². The summed E-state index contributed by atoms with van der Waals surface area (Å²) in [6.45, 7) is 2.76. The predicted molar refractivity (Wildman–Crippen MR) is 75.6 cm³/mol. The van der Waals surface area contributed by atoms with Gasteiger partial charge in [-0.25, -0.2) is 9.59 Å². The lowest BCUT2D eigenvalue weighted by Crippen LogP contribution is -2.41. The van der Waals surface area contributed by atoms with Gasteiger partial charge in [-0.3, -0.25) is 10.1 Å². The summed E-state index contributed by atoms with van der Waals surface area (Å²) >= 11 is 0. The number of carbonyl (C=O) groups is 2. The van der Waals surface area contributed by atoms with Crippen LogP contribution in [0, 0.1) is 10.1 Å². The van der Waals surface area contributed by atoms with E-state index in [-0.39, 0.29) is 11.3 Å². The third-order valence-electron chi connectivity index (χ3n) is 2.94. The lowest BCUT2D eigenvalue weighted by molar-refractivity contribution is -0.386. The topological polar surface area (TPSA) is 125 Å². The zero-order valence-corrected chi connectivity index (χ0v) is 12.5. The lowest BCUT2D eigenvalue weighted by Gasteiger charge is -2.29. The van der Waals surface area contributed by atoms with E-state index in [1.807, 2.05) is 0 Å². The Labute approximate surface area is 130 Å². The van der Waals surface area contributed by atoms with Gasteiger partial charge in [0.25, 0.3) is 5.79 Å². The van der Waals surface area contributed by atoms with Gasteiger partial charge >= 0.3 is 17.6 Å². The van der Waals surface area contributed by atoms with Crippen LogP contribution in [0.25, 0.3) is 6.08 Å². The number of phenols is 1. The summed E-state index contributed by atoms with van der Waals surface area (Å²) in [5.41, 5.74) is -1.28. The molecule has 1 aromatic carbocycles. The van der Waals surface area contributed by atoms with Gasteiger partial charge in [-0.15, -0.1) is 0 Å². The second-order valence-corrected chi connectivity index (χ2v) is 5.08. The third kappa shape index (κ3) is 3.23. The molecule has 1 saturated heterocycles. The molecule has 0 spiro atoms. The molecule has 0 bridgehead atoms. The summed E-state index contributed by atoms with van der Waals surface area (Å²) in [6, 6.07) is 2.24. The second-order valence-electron chi connectivity index (χ2n) is 5.08. The standard InChI is InChI=1S/C14H13NO8/c1-14(2)22-12(17)9(13(18)23-14)5-7-4-8(21-3)6-10(11(7)16)15(19)20/h4-6,16H,1-3H3. The number of hydrogen-bond donors (Lipinski definition) is 1. The van der Waals surface area contributed by atoms with E-state index in [1.54, 1.807) is 0 Å². The molecule has 0 aliphatic carbocycles. The van der Waals surface area contributed by atoms with Gasteiger partial charge in [0, 0.05) is 19.4 Å². The number of cyclic esters (lactones) is 2. The number of aromatic hydroxyl groups is 1. The van der Waals surface area contributed by atoms with Crippen molar-refractivity contribution >= 4 is 23.7 Å². The van der Waals surface area contributed by atoms with Crippen LogP contribution in [-0.2, 0) is 19.1 Å². The van der Waals surface area contributed by atoms with Crippen LogP contribution in [0.1, 0.15) is 19.4 Å². The van der Waals surface area contributed by atoms with E-state index in [0.717, 1.165) is 12.1 Å². The average Bonchev–Trinajstić information content (AvgIpc) is 2.43. The van der Waals surface area contributed by atoms with Crippen LogP contribution in [0.4, 0.5) is 5.69 Å². The maximum absolute atomic E-state index is 11.9. The van der Waals surface area contributed by atoms with Crippen LogP contribution in [0.3, 0.4) is 0 Å². The molecule has 1 heterocycles. The Morgan fingerprint density at radius 2 is 1.83 bits per heavy atom. The summed E-state index contributed by atoms with van der Waals surface area (Å²) in [5, 5.41) is 20.9. The van der Waals surface area contributed by atoms with Crippen molar-refractivity contribution in [3.8, 4) is 11.5 Å². The Bertz CT molecular complexity index is 713. The van der Waals surface area contributed by atoms with Crippen molar-refractivity contribution in [3.63, 3.8) is 0 Å². The van der Waals surface area contributed by atoms with Crippen LogP contribution in [0.2, 0.25) is 0 Å². The molecule has 0 saturated carbocycles. The lowest BCUT2D eigenvalue weighted by atomic mass is 10.1. The highest BCUT2D eigenvalue weighted by Gasteiger charge is 2.39. The molecule has 23 heavy (non-hydrogen) atoms. The van der Waals surface area contributed by atoms with Crippen LogP contribution in [-0.4, -0.2) is 34.9 Å². The fourth-order valence-corrected chi connectivity index (χ4v) is 1.92. The number of hydrogen-bond acceptors (Lipinski definition) is 8. The van der Waals surface area contributed by atoms with Crippen LogP contribution in [0.15, 0.2) is 17.7 Å². The summed E-state index contributed by atoms with van der Waals surface area (Å²) < 4.78 is 14.7. The smallest absolute Gasteiger partial charge is 0.348 e. The molecule has 1 N–H and O–H groups in total. The van der Waals surface area contributed by atoms with Crippen molar-refractivity contribution in [2.24, 2.45) is 0 Å². The highest BCUT2D eigenvalue weighted by Crippen LogP contribution is 2.36. The quantitative estimate of drug-likeness (QED) is 0.292. The summed E-state index contributed by atoms with van der Waals surface area (Å²) in [7, 11) is 1.28. The largest absolute Gasteiger partial charge is 0.502 e. The molecular weight excluding hydrogens is 310 g/mol. The second kappa shape index (κ2) is 5.59.